The number of para-hydroxylation sites is 1. The first-order valence-electron chi connectivity index (χ1n) is 9.86. The van der Waals surface area contributed by atoms with Gasteiger partial charge in [0.1, 0.15) is 18.1 Å². The van der Waals surface area contributed by atoms with Crippen LogP contribution in [0.1, 0.15) is 30.1 Å². The maximum atomic E-state index is 12.3. The van der Waals surface area contributed by atoms with Crippen LogP contribution in [0.25, 0.3) is 0 Å². The molecule has 0 aliphatic rings. The Morgan fingerprint density at radius 1 is 0.839 bits per heavy atom. The summed E-state index contributed by atoms with van der Waals surface area (Å²) in [6.07, 6.45) is -0.124. The summed E-state index contributed by atoms with van der Waals surface area (Å²) in [7, 11) is 1.55. The largest absolute Gasteiger partial charge is 0.494 e. The number of ether oxygens (including phenoxy) is 3. The summed E-state index contributed by atoms with van der Waals surface area (Å²) in [4.78, 5) is 36.3. The highest BCUT2D eigenvalue weighted by Gasteiger charge is 2.14. The molecule has 0 unspecified atom stereocenters. The first-order valence-corrected chi connectivity index (χ1v) is 9.86. The molecule has 2 aromatic carbocycles. The predicted octanol–water partition coefficient (Wildman–Crippen LogP) is 2.29. The molecule has 0 saturated heterocycles. The van der Waals surface area contributed by atoms with E-state index in [1.165, 1.54) is 0 Å². The Morgan fingerprint density at radius 2 is 1.55 bits per heavy atom. The van der Waals surface area contributed by atoms with Gasteiger partial charge in [-0.2, -0.15) is 0 Å². The quantitative estimate of drug-likeness (QED) is 0.373. The fraction of sp³-hybridized carbons (Fsp3) is 0.318. The number of hydrazine groups is 1. The van der Waals surface area contributed by atoms with Gasteiger partial charge < -0.3 is 19.5 Å². The lowest BCUT2D eigenvalue weighted by molar-refractivity contribution is -0.124. The van der Waals surface area contributed by atoms with Crippen molar-refractivity contribution in [2.45, 2.75) is 19.8 Å². The zero-order valence-electron chi connectivity index (χ0n) is 17.6. The number of amides is 3. The van der Waals surface area contributed by atoms with E-state index in [-0.39, 0.29) is 30.9 Å². The Balaban J connectivity index is 1.75. The van der Waals surface area contributed by atoms with Gasteiger partial charge in [-0.25, -0.2) is 0 Å². The van der Waals surface area contributed by atoms with Crippen LogP contribution in [-0.4, -0.2) is 44.7 Å². The summed E-state index contributed by atoms with van der Waals surface area (Å²) in [5, 5.41) is 2.70. The van der Waals surface area contributed by atoms with Crippen LogP contribution < -0.4 is 25.6 Å². The van der Waals surface area contributed by atoms with Crippen molar-refractivity contribution in [1.82, 2.24) is 10.9 Å². The Bertz CT molecular complexity index is 870. The summed E-state index contributed by atoms with van der Waals surface area (Å²) in [6.45, 7) is 3.12. The fourth-order valence-electron chi connectivity index (χ4n) is 2.52. The molecule has 2 rings (SSSR count). The van der Waals surface area contributed by atoms with Gasteiger partial charge >= 0.3 is 0 Å². The number of hydrogen-bond donors (Lipinski definition) is 3. The molecular formula is C22H27N3O6. The SMILES string of the molecule is CCOc1ccc(NC(=O)CCC(=O)NNC(=O)c2ccccc2OCCOC)cc1. The molecule has 0 aliphatic heterocycles. The van der Waals surface area contributed by atoms with Gasteiger partial charge in [-0.1, -0.05) is 12.1 Å². The highest BCUT2D eigenvalue weighted by atomic mass is 16.5. The third kappa shape index (κ3) is 8.35. The van der Waals surface area contributed by atoms with E-state index in [9.17, 15) is 14.4 Å². The van der Waals surface area contributed by atoms with Gasteiger partial charge in [0.2, 0.25) is 11.8 Å². The van der Waals surface area contributed by atoms with Crippen molar-refractivity contribution in [2.24, 2.45) is 0 Å². The van der Waals surface area contributed by atoms with E-state index in [0.29, 0.717) is 30.4 Å². The van der Waals surface area contributed by atoms with E-state index in [1.54, 1.807) is 55.6 Å². The number of carbonyl (C=O) groups excluding carboxylic acids is 3. The smallest absolute Gasteiger partial charge is 0.273 e. The summed E-state index contributed by atoms with van der Waals surface area (Å²) < 4.78 is 15.8. The van der Waals surface area contributed by atoms with Gasteiger partial charge in [-0.15, -0.1) is 0 Å². The van der Waals surface area contributed by atoms with E-state index >= 15 is 0 Å². The van der Waals surface area contributed by atoms with Crippen molar-refractivity contribution in [3.8, 4) is 11.5 Å². The van der Waals surface area contributed by atoms with E-state index in [1.807, 2.05) is 6.92 Å². The Labute approximate surface area is 181 Å². The molecule has 0 bridgehead atoms. The first-order chi connectivity index (χ1) is 15.0. The number of nitrogens with one attached hydrogen (secondary N) is 3. The van der Waals surface area contributed by atoms with Crippen LogP contribution in [0.3, 0.4) is 0 Å². The summed E-state index contributed by atoms with van der Waals surface area (Å²) in [5.41, 5.74) is 5.50. The second-order valence-corrected chi connectivity index (χ2v) is 6.35. The topological polar surface area (TPSA) is 115 Å². The summed E-state index contributed by atoms with van der Waals surface area (Å²) >= 11 is 0. The Morgan fingerprint density at radius 3 is 2.26 bits per heavy atom. The normalized spacial score (nSPS) is 10.1. The lowest BCUT2D eigenvalue weighted by Crippen LogP contribution is -2.42. The molecule has 0 radical (unpaired) electrons. The van der Waals surface area contributed by atoms with Gasteiger partial charge in [-0.3, -0.25) is 25.2 Å². The average molecular weight is 429 g/mol. The Kier molecular flexibility index (Phi) is 9.83. The highest BCUT2D eigenvalue weighted by Crippen LogP contribution is 2.18. The minimum absolute atomic E-state index is 0.0361. The maximum absolute atomic E-state index is 12.3. The molecule has 0 saturated carbocycles. The number of methoxy groups -OCH3 is 1. The second-order valence-electron chi connectivity index (χ2n) is 6.35. The predicted molar refractivity (Wildman–Crippen MR) is 115 cm³/mol. The Hall–Kier alpha value is -3.59. The van der Waals surface area contributed by atoms with Gasteiger partial charge in [0.25, 0.3) is 5.91 Å². The second kappa shape index (κ2) is 12.9. The minimum Gasteiger partial charge on any atom is -0.494 e. The molecular weight excluding hydrogens is 402 g/mol. The van der Waals surface area contributed by atoms with Crippen molar-refractivity contribution >= 4 is 23.4 Å². The van der Waals surface area contributed by atoms with Crippen LogP contribution >= 0.6 is 0 Å². The van der Waals surface area contributed by atoms with Crippen LogP contribution in [0.2, 0.25) is 0 Å². The van der Waals surface area contributed by atoms with Crippen molar-refractivity contribution in [3.63, 3.8) is 0 Å². The van der Waals surface area contributed by atoms with Gasteiger partial charge in [0.15, 0.2) is 0 Å². The third-order valence-corrected chi connectivity index (χ3v) is 4.02. The number of rotatable bonds is 11. The van der Waals surface area contributed by atoms with E-state index in [0.717, 1.165) is 0 Å². The van der Waals surface area contributed by atoms with Crippen LogP contribution in [0.5, 0.6) is 11.5 Å². The highest BCUT2D eigenvalue weighted by molar-refractivity contribution is 5.98. The van der Waals surface area contributed by atoms with E-state index in [4.69, 9.17) is 14.2 Å². The molecule has 9 heteroatoms. The number of anilines is 1. The molecule has 0 aromatic heterocycles. The monoisotopic (exact) mass is 429 g/mol. The van der Waals surface area contributed by atoms with Crippen LogP contribution in [0, 0.1) is 0 Å². The van der Waals surface area contributed by atoms with Crippen LogP contribution in [0.15, 0.2) is 48.5 Å². The van der Waals surface area contributed by atoms with Gasteiger partial charge in [0, 0.05) is 25.6 Å². The molecule has 0 aliphatic carbocycles. The minimum atomic E-state index is -0.528. The molecule has 0 heterocycles. The molecule has 166 valence electrons. The summed E-state index contributed by atoms with van der Waals surface area (Å²) in [5.74, 6) is -0.252. The number of carbonyl (C=O) groups is 3. The molecule has 2 aromatic rings. The van der Waals surface area contributed by atoms with Crippen LogP contribution in [-0.2, 0) is 14.3 Å². The lowest BCUT2D eigenvalue weighted by Gasteiger charge is -2.12. The fourth-order valence-corrected chi connectivity index (χ4v) is 2.52. The van der Waals surface area contributed by atoms with E-state index < -0.39 is 11.8 Å². The van der Waals surface area contributed by atoms with Crippen molar-refractivity contribution < 1.29 is 28.6 Å². The molecule has 3 N–H and O–H groups in total. The molecule has 3 amide bonds. The van der Waals surface area contributed by atoms with Crippen molar-refractivity contribution in [1.29, 1.82) is 0 Å². The van der Waals surface area contributed by atoms with Crippen molar-refractivity contribution in [3.05, 3.63) is 54.1 Å². The van der Waals surface area contributed by atoms with Crippen molar-refractivity contribution in [2.75, 3.05) is 32.2 Å². The third-order valence-electron chi connectivity index (χ3n) is 4.02. The molecule has 0 spiro atoms. The summed E-state index contributed by atoms with van der Waals surface area (Å²) in [6, 6.07) is 13.6. The number of hydrogen-bond acceptors (Lipinski definition) is 6. The average Bonchev–Trinajstić information content (AvgIpc) is 2.78. The van der Waals surface area contributed by atoms with E-state index in [2.05, 4.69) is 16.2 Å². The molecule has 0 atom stereocenters. The van der Waals surface area contributed by atoms with Gasteiger partial charge in [0.05, 0.1) is 18.8 Å². The first kappa shape index (κ1) is 23.7. The zero-order chi connectivity index (χ0) is 22.5. The van der Waals surface area contributed by atoms with Crippen LogP contribution in [0.4, 0.5) is 5.69 Å². The number of benzene rings is 2. The zero-order valence-corrected chi connectivity index (χ0v) is 17.6. The standard InChI is InChI=1S/C22H27N3O6/c1-3-30-17-10-8-16(9-11-17)23-20(26)12-13-21(27)24-25-22(28)18-6-4-5-7-19(18)31-15-14-29-2/h4-11H,3,12-15H2,1-2H3,(H,23,26)(H,24,27)(H,25,28). The maximum Gasteiger partial charge on any atom is 0.273 e. The molecule has 31 heavy (non-hydrogen) atoms. The molecule has 9 nitrogen and oxygen atoms in total. The van der Waals surface area contributed by atoms with Gasteiger partial charge in [-0.05, 0) is 43.3 Å². The lowest BCUT2D eigenvalue weighted by atomic mass is 10.2. The molecule has 0 fully saturated rings.